The predicted octanol–water partition coefficient (Wildman–Crippen LogP) is 1.15. The van der Waals surface area contributed by atoms with Crippen LogP contribution in [0, 0.1) is 11.8 Å². The number of aliphatic hydroxyl groups excluding tert-OH is 6. The zero-order valence-corrected chi connectivity index (χ0v) is 50.0. The Bertz CT molecular complexity index is 3010. The highest BCUT2D eigenvalue weighted by molar-refractivity contribution is 6.00. The van der Waals surface area contributed by atoms with Crippen LogP contribution >= 0.6 is 0 Å². The quantitative estimate of drug-likeness (QED) is 0.0411. The Balaban J connectivity index is 1.23. The fraction of sp³-hybridized carbons (Fsp3) is 0.484. The molecule has 3 heterocycles. The first-order valence-corrected chi connectivity index (χ1v) is 29.9. The highest BCUT2D eigenvalue weighted by atomic mass is 16.5. The lowest BCUT2D eigenvalue weighted by molar-refractivity contribution is -0.146. The molecule has 0 aromatic heterocycles. The number of hydrogen-bond acceptors (Lipinski definition) is 17. The van der Waals surface area contributed by atoms with E-state index in [0.717, 1.165) is 57.1 Å². The predicted molar refractivity (Wildman–Crippen MR) is 323 cm³/mol. The normalized spacial score (nSPS) is 26.0. The van der Waals surface area contributed by atoms with Crippen molar-refractivity contribution in [2.75, 3.05) is 46.1 Å². The van der Waals surface area contributed by atoms with Gasteiger partial charge in [-0.15, -0.1) is 6.58 Å². The fourth-order valence-electron chi connectivity index (χ4n) is 11.0. The Morgan fingerprint density at radius 1 is 0.716 bits per heavy atom. The topological polar surface area (TPSA) is 358 Å². The molecule has 24 heteroatoms. The van der Waals surface area contributed by atoms with E-state index >= 15 is 0 Å². The average molecular weight is 1220 g/mol. The fourth-order valence-corrected chi connectivity index (χ4v) is 11.0. The van der Waals surface area contributed by atoms with E-state index in [9.17, 15) is 69.3 Å². The average Bonchev–Trinajstić information content (AvgIpc) is 2.08. The highest BCUT2D eigenvalue weighted by Crippen LogP contribution is 2.30. The van der Waals surface area contributed by atoms with Gasteiger partial charge in [-0.25, -0.2) is 0 Å². The Labute approximate surface area is 511 Å². The van der Waals surface area contributed by atoms with Crippen LogP contribution in [0.1, 0.15) is 88.2 Å². The molecule has 4 aromatic carbocycles. The molecule has 0 spiro atoms. The van der Waals surface area contributed by atoms with E-state index < -0.39 is 146 Å². The Morgan fingerprint density at radius 3 is 1.92 bits per heavy atom. The van der Waals surface area contributed by atoms with Crippen molar-refractivity contribution in [2.24, 2.45) is 11.8 Å². The first kappa shape index (κ1) is 67.7. The van der Waals surface area contributed by atoms with Gasteiger partial charge in [0.15, 0.2) is 0 Å². The van der Waals surface area contributed by atoms with Gasteiger partial charge in [-0.2, -0.15) is 0 Å². The van der Waals surface area contributed by atoms with E-state index in [0.29, 0.717) is 6.61 Å². The van der Waals surface area contributed by atoms with Crippen LogP contribution in [-0.2, 0) is 33.5 Å². The maximum absolute atomic E-state index is 15.0. The van der Waals surface area contributed by atoms with E-state index in [1.165, 1.54) is 49.4 Å². The molecule has 3 aliphatic heterocycles. The lowest BCUT2D eigenvalue weighted by atomic mass is 9.98. The van der Waals surface area contributed by atoms with Gasteiger partial charge >= 0.3 is 0 Å². The van der Waals surface area contributed by atoms with Crippen LogP contribution in [0.5, 0.6) is 11.5 Å². The number of aromatic hydroxyl groups is 1. The molecule has 4 aromatic rings. The summed E-state index contributed by atoms with van der Waals surface area (Å²) in [6, 6.07) is 17.4. The third-order valence-corrected chi connectivity index (χ3v) is 16.2. The van der Waals surface area contributed by atoms with Crippen molar-refractivity contribution in [2.45, 2.75) is 139 Å². The number of benzene rings is 4. The molecule has 0 radical (unpaired) electrons. The summed E-state index contributed by atoms with van der Waals surface area (Å²) in [5.74, 6) is -7.93. The first-order chi connectivity index (χ1) is 42.1. The molecule has 13 N–H and O–H groups in total. The van der Waals surface area contributed by atoms with E-state index in [1.807, 2.05) is 48.5 Å². The molecule has 7 rings (SSSR count). The van der Waals surface area contributed by atoms with Crippen LogP contribution in [0.15, 0.2) is 110 Å². The Morgan fingerprint density at radius 2 is 1.32 bits per heavy atom. The number of carbonyl (C=O) groups is 7. The van der Waals surface area contributed by atoms with Crippen molar-refractivity contribution < 1.29 is 78.8 Å². The van der Waals surface area contributed by atoms with E-state index in [-0.39, 0.29) is 56.2 Å². The molecule has 0 saturated carbocycles. The van der Waals surface area contributed by atoms with Crippen LogP contribution in [0.25, 0.3) is 22.3 Å². The second-order valence-corrected chi connectivity index (χ2v) is 22.9. The molecule has 24 nitrogen and oxygen atoms in total. The number of nitrogens with zero attached hydrogens (tertiary/aromatic N) is 2. The van der Waals surface area contributed by atoms with Crippen LogP contribution in [0.4, 0.5) is 0 Å². The van der Waals surface area contributed by atoms with Gasteiger partial charge in [0.05, 0.1) is 56.9 Å². The monoisotopic (exact) mass is 1220 g/mol. The van der Waals surface area contributed by atoms with Crippen LogP contribution in [0.2, 0.25) is 0 Å². The number of amides is 7. The Hall–Kier alpha value is -7.81. The lowest BCUT2D eigenvalue weighted by Crippen LogP contribution is -2.63. The highest BCUT2D eigenvalue weighted by Gasteiger charge is 2.50. The molecule has 3 saturated heterocycles. The van der Waals surface area contributed by atoms with Gasteiger partial charge in [0.1, 0.15) is 53.9 Å². The van der Waals surface area contributed by atoms with Crippen molar-refractivity contribution in [3.05, 3.63) is 121 Å². The zero-order chi connectivity index (χ0) is 63.8. The number of unbranched alkanes of at least 4 members (excludes halogenated alkanes) is 2. The molecule has 88 heavy (non-hydrogen) atoms. The molecular formula is C64H84N8O16. The summed E-state index contributed by atoms with van der Waals surface area (Å²) >= 11 is 0. The molecule has 0 bridgehead atoms. The van der Waals surface area contributed by atoms with Gasteiger partial charge in [0.25, 0.3) is 5.91 Å². The summed E-state index contributed by atoms with van der Waals surface area (Å²) in [6.45, 7) is 9.61. The van der Waals surface area contributed by atoms with Gasteiger partial charge < -0.3 is 81.6 Å². The van der Waals surface area contributed by atoms with Crippen LogP contribution < -0.4 is 36.6 Å². The molecule has 3 fully saturated rings. The lowest BCUT2D eigenvalue weighted by Gasteiger charge is -2.34. The number of hydrogen-bond donors (Lipinski definition) is 13. The summed E-state index contributed by atoms with van der Waals surface area (Å²) in [4.78, 5) is 105. The minimum absolute atomic E-state index is 0.0675. The number of nitrogens with one attached hydrogen (secondary N) is 6. The third kappa shape index (κ3) is 17.5. The second kappa shape index (κ2) is 31.9. The number of aliphatic hydroxyl groups is 6. The van der Waals surface area contributed by atoms with Crippen molar-refractivity contribution >= 4 is 41.4 Å². The zero-order valence-electron chi connectivity index (χ0n) is 50.0. The van der Waals surface area contributed by atoms with Crippen molar-refractivity contribution in [3.63, 3.8) is 0 Å². The maximum atomic E-state index is 15.0. The van der Waals surface area contributed by atoms with Gasteiger partial charge in [0, 0.05) is 56.3 Å². The summed E-state index contributed by atoms with van der Waals surface area (Å²) < 4.78 is 11.3. The molecule has 476 valence electrons. The molecule has 0 aliphatic carbocycles. The number of carbonyl (C=O) groups excluding carboxylic acids is 7. The van der Waals surface area contributed by atoms with Gasteiger partial charge in [-0.3, -0.25) is 38.9 Å². The summed E-state index contributed by atoms with van der Waals surface area (Å²) in [7, 11) is 0. The summed E-state index contributed by atoms with van der Waals surface area (Å²) in [5.41, 5.74) is 3.84. The van der Waals surface area contributed by atoms with Crippen LogP contribution in [-0.4, -0.2) is 200 Å². The number of rotatable bonds is 21. The maximum Gasteiger partial charge on any atom is 0.251 e. The smallest absolute Gasteiger partial charge is 0.251 e. The molecule has 7 amide bonds. The van der Waals surface area contributed by atoms with E-state index in [1.54, 1.807) is 26.0 Å². The van der Waals surface area contributed by atoms with Gasteiger partial charge in [-0.05, 0) is 77.6 Å². The minimum Gasteiger partial charge on any atom is -0.508 e. The first-order valence-electron chi connectivity index (χ1n) is 29.9. The number of fused-ring (bicyclic) bond motifs is 2. The van der Waals surface area contributed by atoms with E-state index in [2.05, 4.69) is 45.4 Å². The molecular weight excluding hydrogens is 1140 g/mol. The third-order valence-electron chi connectivity index (χ3n) is 16.2. The molecule has 14 unspecified atom stereocenters. The molecule has 3 aliphatic rings. The number of phenols is 1. The van der Waals surface area contributed by atoms with Crippen molar-refractivity contribution in [3.8, 4) is 33.8 Å². The summed E-state index contributed by atoms with van der Waals surface area (Å²) in [6.07, 6.45) is -6.51. The standard InChI is InChI=1S/C64H84N8O16/c1-6-8-9-28-88-47-24-20-42(21-25-47)40-12-10-39(11-13-40)41-14-16-44(17-15-41)58(80)66-49-33-52(78)57(65-26-29-87-30-27-73)70-62(84)55-56(79)37(4)34-72(55)64(86)54(38(5)74)69-60(82)48(32-51(77)43-18-22-45(75)23-19-43)67-61(83)50-31-46(76)35-71(50)63(85)53(36(3)7-2)68-59(49)81/h7,10-25,36-38,46,48-57,65,73-79H,2,6,8-9,26-35H2,1,3-5H3,(H,66,80)(H,67,83)(H,68,81)(H,69,82)(H,70,84). The minimum atomic E-state index is -1.85. The van der Waals surface area contributed by atoms with Gasteiger partial charge in [-0.1, -0.05) is 100 Å². The Kier molecular flexibility index (Phi) is 24.5. The largest absolute Gasteiger partial charge is 0.508 e. The van der Waals surface area contributed by atoms with E-state index in [4.69, 9.17) is 9.47 Å². The van der Waals surface area contributed by atoms with Crippen molar-refractivity contribution in [1.82, 2.24) is 41.7 Å². The summed E-state index contributed by atoms with van der Waals surface area (Å²) in [5, 5.41) is 92.8. The SMILES string of the molecule is C=CC(C)C1NC(=O)C(NC(=O)c2ccc(-c3ccc(-c4ccc(OCCCCC)cc4)cc3)cc2)CC(O)C(NCCOCCO)NC(=O)C2C(O)C(C)CN2C(=O)C(C(C)O)NC(=O)C(CC(O)c2ccc(O)cc2)NC(=O)C2CC(O)CN2C1=O. The van der Waals surface area contributed by atoms with Gasteiger partial charge in [0.2, 0.25) is 35.4 Å². The number of phenolic OH excluding ortho intramolecular Hbond substituents is 1. The number of ether oxygens (including phenoxy) is 2. The van der Waals surface area contributed by atoms with Crippen LogP contribution in [0.3, 0.4) is 0 Å². The molecule has 14 atom stereocenters. The second-order valence-electron chi connectivity index (χ2n) is 22.9. The van der Waals surface area contributed by atoms with Crippen molar-refractivity contribution in [1.29, 1.82) is 0 Å².